The highest BCUT2D eigenvalue weighted by atomic mass is 15.3. The first kappa shape index (κ1) is 19.4. The average molecular weight is 360 g/mol. The standard InChI is InChI=1S/C21H37N5/c1-3-5-10-19(4-2)26-16-12-18(17-26)23-21-22-13-11-20(24-21)25-14-8-6-7-9-15-25/h11,13,18-19H,3-10,12,14-17H2,1-2H3,(H,22,23,24). The Morgan fingerprint density at radius 1 is 1.15 bits per heavy atom. The molecular weight excluding hydrogens is 322 g/mol. The van der Waals surface area contributed by atoms with Crippen LogP contribution >= 0.6 is 0 Å². The molecule has 2 aliphatic rings. The lowest BCUT2D eigenvalue weighted by Gasteiger charge is -2.27. The van der Waals surface area contributed by atoms with Crippen molar-refractivity contribution in [2.45, 2.75) is 83.7 Å². The van der Waals surface area contributed by atoms with Gasteiger partial charge in [-0.3, -0.25) is 4.90 Å². The van der Waals surface area contributed by atoms with Crippen LogP contribution in [0.3, 0.4) is 0 Å². The Morgan fingerprint density at radius 3 is 2.69 bits per heavy atom. The van der Waals surface area contributed by atoms with Gasteiger partial charge in [-0.1, -0.05) is 39.5 Å². The molecule has 1 aromatic rings. The van der Waals surface area contributed by atoms with Gasteiger partial charge < -0.3 is 10.2 Å². The Morgan fingerprint density at radius 2 is 1.96 bits per heavy atom. The van der Waals surface area contributed by atoms with E-state index in [-0.39, 0.29) is 0 Å². The third kappa shape index (κ3) is 5.32. The maximum Gasteiger partial charge on any atom is 0.224 e. The molecule has 0 aliphatic carbocycles. The maximum absolute atomic E-state index is 4.83. The smallest absolute Gasteiger partial charge is 0.224 e. The highest BCUT2D eigenvalue weighted by molar-refractivity contribution is 5.43. The number of nitrogens with one attached hydrogen (secondary N) is 1. The maximum atomic E-state index is 4.83. The van der Waals surface area contributed by atoms with Gasteiger partial charge in [0, 0.05) is 44.5 Å². The molecule has 2 unspecified atom stereocenters. The number of hydrogen-bond acceptors (Lipinski definition) is 5. The molecule has 0 radical (unpaired) electrons. The van der Waals surface area contributed by atoms with E-state index >= 15 is 0 Å². The largest absolute Gasteiger partial charge is 0.356 e. The van der Waals surface area contributed by atoms with Crippen LogP contribution in [-0.2, 0) is 0 Å². The van der Waals surface area contributed by atoms with E-state index in [1.54, 1.807) is 0 Å². The van der Waals surface area contributed by atoms with Crippen LogP contribution in [-0.4, -0.2) is 53.1 Å². The first-order valence-electron chi connectivity index (χ1n) is 10.9. The predicted octanol–water partition coefficient (Wildman–Crippen LogP) is 4.31. The summed E-state index contributed by atoms with van der Waals surface area (Å²) in [7, 11) is 0. The minimum absolute atomic E-state index is 0.477. The molecule has 5 nitrogen and oxygen atoms in total. The van der Waals surface area contributed by atoms with E-state index in [9.17, 15) is 0 Å². The van der Waals surface area contributed by atoms with E-state index < -0.39 is 0 Å². The third-order valence-corrected chi connectivity index (χ3v) is 6.00. The van der Waals surface area contributed by atoms with Gasteiger partial charge in [-0.2, -0.15) is 4.98 Å². The fraction of sp³-hybridized carbons (Fsp3) is 0.810. The molecule has 2 atom stereocenters. The second-order valence-corrected chi connectivity index (χ2v) is 7.97. The zero-order valence-electron chi connectivity index (χ0n) is 16.8. The lowest BCUT2D eigenvalue weighted by molar-refractivity contribution is 0.219. The number of hydrogen-bond donors (Lipinski definition) is 1. The van der Waals surface area contributed by atoms with E-state index in [0.717, 1.165) is 37.4 Å². The van der Waals surface area contributed by atoms with Crippen molar-refractivity contribution in [1.82, 2.24) is 14.9 Å². The fourth-order valence-corrected chi connectivity index (χ4v) is 4.40. The Kier molecular flexibility index (Phi) is 7.54. The van der Waals surface area contributed by atoms with Crippen LogP contribution in [0, 0.1) is 0 Å². The van der Waals surface area contributed by atoms with Gasteiger partial charge in [0.05, 0.1) is 0 Å². The summed E-state index contributed by atoms with van der Waals surface area (Å²) in [5, 5.41) is 3.61. The molecular formula is C21H37N5. The molecule has 0 spiro atoms. The van der Waals surface area contributed by atoms with Gasteiger partial charge in [0.25, 0.3) is 0 Å². The van der Waals surface area contributed by atoms with Crippen molar-refractivity contribution in [3.8, 4) is 0 Å². The zero-order valence-corrected chi connectivity index (χ0v) is 16.8. The summed E-state index contributed by atoms with van der Waals surface area (Å²) in [5.74, 6) is 1.90. The normalized spacial score (nSPS) is 23.0. The van der Waals surface area contributed by atoms with Crippen molar-refractivity contribution in [2.75, 3.05) is 36.4 Å². The Balaban J connectivity index is 1.55. The van der Waals surface area contributed by atoms with Gasteiger partial charge >= 0.3 is 0 Å². The van der Waals surface area contributed by atoms with Crippen molar-refractivity contribution in [3.63, 3.8) is 0 Å². The lowest BCUT2D eigenvalue weighted by Crippen LogP contribution is -2.35. The molecule has 0 saturated carbocycles. The minimum Gasteiger partial charge on any atom is -0.356 e. The minimum atomic E-state index is 0.477. The summed E-state index contributed by atoms with van der Waals surface area (Å²) in [5.41, 5.74) is 0. The lowest BCUT2D eigenvalue weighted by atomic mass is 10.1. The van der Waals surface area contributed by atoms with Crippen LogP contribution in [0.2, 0.25) is 0 Å². The number of likely N-dealkylation sites (tertiary alicyclic amines) is 1. The Labute approximate surface area is 159 Å². The molecule has 2 aliphatic heterocycles. The van der Waals surface area contributed by atoms with Gasteiger partial charge in [-0.05, 0) is 38.2 Å². The number of nitrogens with zero attached hydrogens (tertiary/aromatic N) is 4. The van der Waals surface area contributed by atoms with Crippen LogP contribution in [0.1, 0.15) is 71.6 Å². The van der Waals surface area contributed by atoms with E-state index in [1.807, 2.05) is 6.20 Å². The average Bonchev–Trinajstić information content (AvgIpc) is 2.94. The summed E-state index contributed by atoms with van der Waals surface area (Å²) >= 11 is 0. The first-order chi connectivity index (χ1) is 12.8. The molecule has 26 heavy (non-hydrogen) atoms. The van der Waals surface area contributed by atoms with Crippen molar-refractivity contribution < 1.29 is 0 Å². The van der Waals surface area contributed by atoms with Gasteiger partial charge in [0.2, 0.25) is 5.95 Å². The van der Waals surface area contributed by atoms with Gasteiger partial charge in [0.15, 0.2) is 0 Å². The summed E-state index contributed by atoms with van der Waals surface area (Å²) in [6, 6.07) is 3.28. The highest BCUT2D eigenvalue weighted by Crippen LogP contribution is 2.22. The fourth-order valence-electron chi connectivity index (χ4n) is 4.40. The molecule has 0 amide bonds. The SMILES string of the molecule is CCCCC(CC)N1CCC(Nc2nccc(N3CCCCCC3)n2)C1. The van der Waals surface area contributed by atoms with Gasteiger partial charge in [-0.15, -0.1) is 0 Å². The second-order valence-electron chi connectivity index (χ2n) is 7.97. The van der Waals surface area contributed by atoms with Crippen LogP contribution in [0.25, 0.3) is 0 Å². The second kappa shape index (κ2) is 10.1. The summed E-state index contributed by atoms with van der Waals surface area (Å²) in [6.07, 6.45) is 13.6. The third-order valence-electron chi connectivity index (χ3n) is 6.00. The van der Waals surface area contributed by atoms with Crippen molar-refractivity contribution in [3.05, 3.63) is 12.3 Å². The highest BCUT2D eigenvalue weighted by Gasteiger charge is 2.27. The van der Waals surface area contributed by atoms with Crippen molar-refractivity contribution in [1.29, 1.82) is 0 Å². The molecule has 5 heteroatoms. The van der Waals surface area contributed by atoms with E-state index in [0.29, 0.717) is 6.04 Å². The van der Waals surface area contributed by atoms with Crippen LogP contribution in [0.4, 0.5) is 11.8 Å². The van der Waals surface area contributed by atoms with Crippen molar-refractivity contribution in [2.24, 2.45) is 0 Å². The molecule has 0 bridgehead atoms. The first-order valence-corrected chi connectivity index (χ1v) is 10.9. The summed E-state index contributed by atoms with van der Waals surface area (Å²) < 4.78 is 0. The predicted molar refractivity (Wildman–Crippen MR) is 110 cm³/mol. The number of unbranched alkanes of at least 4 members (excludes halogenated alkanes) is 1. The van der Waals surface area contributed by atoms with Crippen LogP contribution in [0.5, 0.6) is 0 Å². The monoisotopic (exact) mass is 359 g/mol. The van der Waals surface area contributed by atoms with E-state index in [4.69, 9.17) is 4.98 Å². The Hall–Kier alpha value is -1.36. The van der Waals surface area contributed by atoms with Crippen LogP contribution < -0.4 is 10.2 Å². The molecule has 1 N–H and O–H groups in total. The van der Waals surface area contributed by atoms with E-state index in [2.05, 4.69) is 40.0 Å². The number of rotatable bonds is 8. The molecule has 146 valence electrons. The summed E-state index contributed by atoms with van der Waals surface area (Å²) in [6.45, 7) is 9.20. The van der Waals surface area contributed by atoms with Gasteiger partial charge in [-0.25, -0.2) is 4.98 Å². The van der Waals surface area contributed by atoms with Gasteiger partial charge in [0.1, 0.15) is 5.82 Å². The van der Waals surface area contributed by atoms with E-state index in [1.165, 1.54) is 64.3 Å². The molecule has 3 rings (SSSR count). The molecule has 0 aromatic carbocycles. The molecule has 2 saturated heterocycles. The topological polar surface area (TPSA) is 44.3 Å². The molecule has 3 heterocycles. The number of anilines is 2. The molecule has 2 fully saturated rings. The van der Waals surface area contributed by atoms with Crippen molar-refractivity contribution >= 4 is 11.8 Å². The molecule has 1 aromatic heterocycles. The quantitative estimate of drug-likeness (QED) is 0.749. The summed E-state index contributed by atoms with van der Waals surface area (Å²) in [4.78, 5) is 14.4. The number of aromatic nitrogens is 2. The Bertz CT molecular complexity index is 527. The zero-order chi connectivity index (χ0) is 18.2. The van der Waals surface area contributed by atoms with Crippen LogP contribution in [0.15, 0.2) is 12.3 Å².